The molecule has 1 saturated carbocycles. The Labute approximate surface area is 175 Å². The predicted octanol–water partition coefficient (Wildman–Crippen LogP) is 10.0. The monoisotopic (exact) mass is 410 g/mol. The second kappa shape index (κ2) is 12.2. The van der Waals surface area contributed by atoms with Crippen molar-refractivity contribution in [3.8, 4) is 0 Å². The van der Waals surface area contributed by atoms with E-state index in [-0.39, 0.29) is 0 Å². The standard InChI is InChI=1S/C25H54Si2/c1-8-18-26(19-9-2,20-10-3)24-16-14-15-17-25(24,7)27(21-11-4,22-12-5)23-13-6/h24H,8-23H2,1-7H3. The minimum absolute atomic E-state index is 0.749. The molecule has 1 aliphatic carbocycles. The molecular weight excluding hydrogens is 356 g/mol. The van der Waals surface area contributed by atoms with E-state index in [1.807, 2.05) is 0 Å². The van der Waals surface area contributed by atoms with Crippen molar-refractivity contribution >= 4 is 16.1 Å². The van der Waals surface area contributed by atoms with E-state index in [2.05, 4.69) is 48.5 Å². The molecule has 1 aliphatic rings. The Morgan fingerprint density at radius 2 is 1.04 bits per heavy atom. The third-order valence-electron chi connectivity index (χ3n) is 8.59. The van der Waals surface area contributed by atoms with Crippen LogP contribution in [0, 0.1) is 0 Å². The Morgan fingerprint density at radius 3 is 1.41 bits per heavy atom. The molecule has 1 rings (SSSR count). The van der Waals surface area contributed by atoms with E-state index in [4.69, 9.17) is 0 Å². The van der Waals surface area contributed by atoms with Gasteiger partial charge in [-0.15, -0.1) is 0 Å². The molecule has 0 radical (unpaired) electrons. The van der Waals surface area contributed by atoms with Crippen molar-refractivity contribution in [2.75, 3.05) is 0 Å². The molecule has 2 heteroatoms. The molecule has 0 bridgehead atoms. The molecule has 0 spiro atoms. The van der Waals surface area contributed by atoms with Gasteiger partial charge in [0, 0.05) is 0 Å². The largest absolute Gasteiger partial charge is 0.0657 e. The molecule has 0 N–H and O–H groups in total. The summed E-state index contributed by atoms with van der Waals surface area (Å²) in [4.78, 5) is 0. The van der Waals surface area contributed by atoms with Crippen molar-refractivity contribution < 1.29 is 0 Å². The summed E-state index contributed by atoms with van der Waals surface area (Å²) < 4.78 is 0. The first-order valence-electron chi connectivity index (χ1n) is 13.0. The first-order chi connectivity index (χ1) is 13.0. The highest BCUT2D eigenvalue weighted by Gasteiger charge is 2.58. The number of hydrogen-bond acceptors (Lipinski definition) is 0. The van der Waals surface area contributed by atoms with Crippen LogP contribution in [0.3, 0.4) is 0 Å². The maximum Gasteiger partial charge on any atom is 0.0594 e. The van der Waals surface area contributed by atoms with Crippen LogP contribution < -0.4 is 0 Å². The van der Waals surface area contributed by atoms with E-state index in [1.54, 1.807) is 55.5 Å². The van der Waals surface area contributed by atoms with E-state index in [0.717, 1.165) is 10.6 Å². The normalized spacial score (nSPS) is 24.3. The zero-order valence-electron chi connectivity index (χ0n) is 20.4. The molecule has 0 saturated heterocycles. The minimum atomic E-state index is -1.24. The van der Waals surface area contributed by atoms with Crippen molar-refractivity contribution in [3.05, 3.63) is 0 Å². The van der Waals surface area contributed by atoms with Gasteiger partial charge in [-0.25, -0.2) is 0 Å². The maximum atomic E-state index is 2.88. The Balaban J connectivity index is 3.50. The quantitative estimate of drug-likeness (QED) is 0.250. The van der Waals surface area contributed by atoms with Crippen molar-refractivity contribution in [3.63, 3.8) is 0 Å². The predicted molar refractivity (Wildman–Crippen MR) is 133 cm³/mol. The van der Waals surface area contributed by atoms with Gasteiger partial charge in [0.1, 0.15) is 0 Å². The molecule has 162 valence electrons. The second-order valence-corrected chi connectivity index (χ2v) is 20.5. The molecular formula is C25H54Si2. The highest BCUT2D eigenvalue weighted by molar-refractivity contribution is 6.88. The third kappa shape index (κ3) is 5.53. The highest BCUT2D eigenvalue weighted by atomic mass is 28.3. The molecule has 0 aromatic heterocycles. The topological polar surface area (TPSA) is 0 Å². The van der Waals surface area contributed by atoms with Gasteiger partial charge in [-0.3, -0.25) is 0 Å². The lowest BCUT2D eigenvalue weighted by Crippen LogP contribution is -2.56. The van der Waals surface area contributed by atoms with Gasteiger partial charge in [-0.05, 0) is 10.6 Å². The molecule has 0 heterocycles. The summed E-state index contributed by atoms with van der Waals surface area (Å²) in [6.07, 6.45) is 14.9. The van der Waals surface area contributed by atoms with E-state index in [1.165, 1.54) is 44.9 Å². The molecule has 2 atom stereocenters. The van der Waals surface area contributed by atoms with Crippen LogP contribution in [0.1, 0.15) is 113 Å². The minimum Gasteiger partial charge on any atom is -0.0657 e. The average molecular weight is 411 g/mol. The van der Waals surface area contributed by atoms with Crippen molar-refractivity contribution in [1.29, 1.82) is 0 Å². The van der Waals surface area contributed by atoms with E-state index >= 15 is 0 Å². The fraction of sp³-hybridized carbons (Fsp3) is 1.00. The first-order valence-corrected chi connectivity index (χ1v) is 18.3. The van der Waals surface area contributed by atoms with Crippen LogP contribution in [0.25, 0.3) is 0 Å². The van der Waals surface area contributed by atoms with E-state index < -0.39 is 16.1 Å². The third-order valence-corrected chi connectivity index (χ3v) is 23.2. The van der Waals surface area contributed by atoms with Crippen molar-refractivity contribution in [1.82, 2.24) is 0 Å². The molecule has 0 aromatic carbocycles. The van der Waals surface area contributed by atoms with E-state index in [9.17, 15) is 0 Å². The SMILES string of the molecule is CCC[Si](CCC)(CCC)C1CCCCC1(C)[Si](CCC)(CCC)CCC. The summed E-state index contributed by atoms with van der Waals surface area (Å²) in [6, 6.07) is 9.75. The summed E-state index contributed by atoms with van der Waals surface area (Å²) in [5.74, 6) is 0. The van der Waals surface area contributed by atoms with Gasteiger partial charge in [-0.2, -0.15) is 0 Å². The molecule has 0 amide bonds. The fourth-order valence-electron chi connectivity index (χ4n) is 8.01. The summed E-state index contributed by atoms with van der Waals surface area (Å²) >= 11 is 0. The van der Waals surface area contributed by atoms with Gasteiger partial charge in [-0.1, -0.05) is 149 Å². The molecule has 0 aromatic rings. The van der Waals surface area contributed by atoms with Gasteiger partial charge in [0.05, 0.1) is 16.1 Å². The molecule has 0 aliphatic heterocycles. The lowest BCUT2D eigenvalue weighted by atomic mass is 9.88. The van der Waals surface area contributed by atoms with Crippen LogP contribution in [0.15, 0.2) is 0 Å². The van der Waals surface area contributed by atoms with Crippen LogP contribution >= 0.6 is 0 Å². The Bertz CT molecular complexity index is 358. The van der Waals surface area contributed by atoms with Gasteiger partial charge in [0.2, 0.25) is 0 Å². The fourth-order valence-corrected chi connectivity index (χ4v) is 23.9. The highest BCUT2D eigenvalue weighted by Crippen LogP contribution is 2.66. The van der Waals surface area contributed by atoms with Crippen molar-refractivity contribution in [2.24, 2.45) is 0 Å². The summed E-state index contributed by atoms with van der Waals surface area (Å²) in [5, 5.41) is 0.749. The second-order valence-electron chi connectivity index (χ2n) is 10.4. The summed E-state index contributed by atoms with van der Waals surface area (Å²) in [6.45, 7) is 17.8. The smallest absolute Gasteiger partial charge is 0.0594 e. The van der Waals surface area contributed by atoms with Gasteiger partial charge < -0.3 is 0 Å². The first kappa shape index (κ1) is 25.5. The Hall–Kier alpha value is 0.434. The van der Waals surface area contributed by atoms with Crippen LogP contribution in [-0.4, -0.2) is 16.1 Å². The molecule has 0 nitrogen and oxygen atoms in total. The van der Waals surface area contributed by atoms with Crippen LogP contribution in [0.2, 0.25) is 46.8 Å². The lowest BCUT2D eigenvalue weighted by molar-refractivity contribution is 0.367. The molecule has 27 heavy (non-hydrogen) atoms. The van der Waals surface area contributed by atoms with Gasteiger partial charge >= 0.3 is 0 Å². The van der Waals surface area contributed by atoms with Gasteiger partial charge in [0.25, 0.3) is 0 Å². The molecule has 2 unspecified atom stereocenters. The zero-order chi connectivity index (χ0) is 20.4. The van der Waals surface area contributed by atoms with Crippen LogP contribution in [0.4, 0.5) is 0 Å². The van der Waals surface area contributed by atoms with Crippen LogP contribution in [-0.2, 0) is 0 Å². The Morgan fingerprint density at radius 1 is 0.630 bits per heavy atom. The number of rotatable bonds is 14. The number of hydrogen-bond donors (Lipinski definition) is 0. The average Bonchev–Trinajstić information content (AvgIpc) is 2.63. The van der Waals surface area contributed by atoms with Crippen LogP contribution in [0.5, 0.6) is 0 Å². The summed E-state index contributed by atoms with van der Waals surface area (Å²) in [5.41, 5.74) is 1.15. The van der Waals surface area contributed by atoms with Crippen molar-refractivity contribution in [2.45, 2.75) is 160 Å². The zero-order valence-corrected chi connectivity index (χ0v) is 22.4. The lowest BCUT2D eigenvalue weighted by Gasteiger charge is -2.60. The maximum absolute atomic E-state index is 2.88. The van der Waals surface area contributed by atoms with Gasteiger partial charge in [0.15, 0.2) is 0 Å². The van der Waals surface area contributed by atoms with E-state index in [0.29, 0.717) is 0 Å². The Kier molecular flexibility index (Phi) is 11.5. The molecule has 1 fully saturated rings. The summed E-state index contributed by atoms with van der Waals surface area (Å²) in [7, 11) is -2.44.